The fraction of sp³-hybridized carbons (Fsp3) is 0.167. The molecule has 90 valence electrons. The first-order valence-electron chi connectivity index (χ1n) is 4.97. The predicted molar refractivity (Wildman–Crippen MR) is 72.7 cm³/mol. The van der Waals surface area contributed by atoms with Gasteiger partial charge in [0, 0.05) is 10.0 Å². The molecule has 0 saturated carbocycles. The Labute approximate surface area is 112 Å². The van der Waals surface area contributed by atoms with Crippen LogP contribution in [0.3, 0.4) is 0 Å². The normalized spacial score (nSPS) is 12.4. The van der Waals surface area contributed by atoms with Crippen LogP contribution < -0.4 is 10.5 Å². The van der Waals surface area contributed by atoms with Crippen LogP contribution in [0.1, 0.15) is 17.2 Å². The van der Waals surface area contributed by atoms with Gasteiger partial charge in [0.2, 0.25) is 0 Å². The first-order valence-corrected chi connectivity index (χ1v) is 6.71. The maximum Gasteiger partial charge on any atom is 0.162 e. The molecule has 0 radical (unpaired) electrons. The molecule has 5 heteroatoms. The Morgan fingerprint density at radius 3 is 2.82 bits per heavy atom. The third kappa shape index (κ3) is 2.46. The van der Waals surface area contributed by atoms with Crippen LogP contribution in [0.15, 0.2) is 33.4 Å². The summed E-state index contributed by atoms with van der Waals surface area (Å²) in [6.45, 7) is 0. The number of rotatable bonds is 3. The van der Waals surface area contributed by atoms with E-state index in [1.54, 1.807) is 23.5 Å². The molecule has 1 atom stereocenters. The van der Waals surface area contributed by atoms with E-state index < -0.39 is 0 Å². The van der Waals surface area contributed by atoms with Crippen LogP contribution in [0.4, 0.5) is 0 Å². The van der Waals surface area contributed by atoms with Crippen molar-refractivity contribution in [1.29, 1.82) is 0 Å². The Morgan fingerprint density at radius 2 is 2.24 bits per heavy atom. The maximum atomic E-state index is 10.1. The van der Waals surface area contributed by atoms with Gasteiger partial charge in [0.1, 0.15) is 0 Å². The van der Waals surface area contributed by atoms with Gasteiger partial charge in [-0.1, -0.05) is 15.9 Å². The Bertz CT molecular complexity index is 513. The second-order valence-electron chi connectivity index (χ2n) is 3.58. The standard InChI is InChI=1S/C12H12BrNO2S/c1-16-10-5-8(13)4-9(12(10)15)11(14)7-2-3-17-6-7/h2-6,11,15H,14H2,1H3/t11-/m0/s1. The summed E-state index contributed by atoms with van der Waals surface area (Å²) in [4.78, 5) is 0. The summed E-state index contributed by atoms with van der Waals surface area (Å²) in [6.07, 6.45) is 0. The first kappa shape index (κ1) is 12.4. The van der Waals surface area contributed by atoms with Crippen molar-refractivity contribution in [3.63, 3.8) is 0 Å². The smallest absolute Gasteiger partial charge is 0.162 e. The van der Waals surface area contributed by atoms with E-state index in [-0.39, 0.29) is 11.8 Å². The van der Waals surface area contributed by atoms with Gasteiger partial charge in [0.15, 0.2) is 11.5 Å². The Hall–Kier alpha value is -1.04. The van der Waals surface area contributed by atoms with Gasteiger partial charge in [0.25, 0.3) is 0 Å². The van der Waals surface area contributed by atoms with Crippen molar-refractivity contribution in [3.05, 3.63) is 44.6 Å². The number of ether oxygens (including phenoxy) is 1. The lowest BCUT2D eigenvalue weighted by molar-refractivity contribution is 0.369. The van der Waals surface area contributed by atoms with Gasteiger partial charge >= 0.3 is 0 Å². The van der Waals surface area contributed by atoms with Crippen molar-refractivity contribution in [1.82, 2.24) is 0 Å². The van der Waals surface area contributed by atoms with Crippen LogP contribution in [0.2, 0.25) is 0 Å². The molecule has 2 aromatic rings. The lowest BCUT2D eigenvalue weighted by atomic mass is 10.0. The van der Waals surface area contributed by atoms with E-state index in [2.05, 4.69) is 15.9 Å². The molecule has 2 rings (SSSR count). The van der Waals surface area contributed by atoms with E-state index in [0.717, 1.165) is 10.0 Å². The third-order valence-electron chi connectivity index (χ3n) is 2.53. The molecular weight excluding hydrogens is 302 g/mol. The zero-order valence-corrected chi connectivity index (χ0v) is 11.6. The van der Waals surface area contributed by atoms with E-state index in [1.165, 1.54) is 7.11 Å². The van der Waals surface area contributed by atoms with Crippen LogP contribution in [-0.4, -0.2) is 12.2 Å². The average Bonchev–Trinajstić information content (AvgIpc) is 2.84. The SMILES string of the molecule is COc1cc(Br)cc([C@@H](N)c2ccsc2)c1O. The average molecular weight is 314 g/mol. The molecule has 0 spiro atoms. The van der Waals surface area contributed by atoms with Crippen molar-refractivity contribution in [3.8, 4) is 11.5 Å². The molecule has 0 amide bonds. The number of hydrogen-bond donors (Lipinski definition) is 2. The number of methoxy groups -OCH3 is 1. The van der Waals surface area contributed by atoms with E-state index in [9.17, 15) is 5.11 Å². The number of hydrogen-bond acceptors (Lipinski definition) is 4. The largest absolute Gasteiger partial charge is 0.504 e. The van der Waals surface area contributed by atoms with Crippen molar-refractivity contribution in [2.45, 2.75) is 6.04 Å². The maximum absolute atomic E-state index is 10.1. The molecule has 0 unspecified atom stereocenters. The fourth-order valence-corrected chi connectivity index (χ4v) is 2.77. The molecule has 0 aliphatic carbocycles. The van der Waals surface area contributed by atoms with Gasteiger partial charge < -0.3 is 15.6 Å². The van der Waals surface area contributed by atoms with Crippen LogP contribution >= 0.6 is 27.3 Å². The molecule has 3 N–H and O–H groups in total. The second-order valence-corrected chi connectivity index (χ2v) is 5.28. The van der Waals surface area contributed by atoms with Gasteiger partial charge in [-0.25, -0.2) is 0 Å². The summed E-state index contributed by atoms with van der Waals surface area (Å²) in [5.41, 5.74) is 7.75. The summed E-state index contributed by atoms with van der Waals surface area (Å²) < 4.78 is 5.93. The summed E-state index contributed by atoms with van der Waals surface area (Å²) in [5.74, 6) is 0.509. The number of halogens is 1. The zero-order chi connectivity index (χ0) is 12.4. The van der Waals surface area contributed by atoms with Crippen LogP contribution in [0.5, 0.6) is 11.5 Å². The quantitative estimate of drug-likeness (QED) is 0.914. The molecule has 1 heterocycles. The molecule has 1 aromatic carbocycles. The Balaban J connectivity index is 2.48. The molecule has 0 fully saturated rings. The van der Waals surface area contributed by atoms with Gasteiger partial charge in [-0.05, 0) is 34.5 Å². The van der Waals surface area contributed by atoms with E-state index in [1.807, 2.05) is 16.8 Å². The Morgan fingerprint density at radius 1 is 1.47 bits per heavy atom. The predicted octanol–water partition coefficient (Wildman–Crippen LogP) is 3.27. The molecular formula is C12H12BrNO2S. The van der Waals surface area contributed by atoms with Crippen molar-refractivity contribution in [2.24, 2.45) is 5.73 Å². The van der Waals surface area contributed by atoms with Crippen LogP contribution in [0, 0.1) is 0 Å². The second kappa shape index (κ2) is 5.08. The molecule has 0 saturated heterocycles. The van der Waals surface area contributed by atoms with Crippen molar-refractivity contribution < 1.29 is 9.84 Å². The lowest BCUT2D eigenvalue weighted by Crippen LogP contribution is -2.11. The van der Waals surface area contributed by atoms with E-state index >= 15 is 0 Å². The minimum atomic E-state index is -0.354. The Kier molecular flexibility index (Phi) is 3.71. The van der Waals surface area contributed by atoms with E-state index in [0.29, 0.717) is 11.3 Å². The number of benzene rings is 1. The summed E-state index contributed by atoms with van der Waals surface area (Å²) >= 11 is 4.95. The number of nitrogens with two attached hydrogens (primary N) is 1. The highest BCUT2D eigenvalue weighted by Gasteiger charge is 2.17. The summed E-state index contributed by atoms with van der Waals surface area (Å²) in [6, 6.07) is 5.11. The lowest BCUT2D eigenvalue weighted by Gasteiger charge is -2.15. The monoisotopic (exact) mass is 313 g/mol. The number of thiophene rings is 1. The third-order valence-corrected chi connectivity index (χ3v) is 3.69. The molecule has 0 aliphatic heterocycles. The highest BCUT2D eigenvalue weighted by atomic mass is 79.9. The summed E-state index contributed by atoms with van der Waals surface area (Å²) in [5, 5.41) is 14.0. The topological polar surface area (TPSA) is 55.5 Å². The van der Waals surface area contributed by atoms with Crippen LogP contribution in [0.25, 0.3) is 0 Å². The zero-order valence-electron chi connectivity index (χ0n) is 9.18. The van der Waals surface area contributed by atoms with Crippen LogP contribution in [-0.2, 0) is 0 Å². The highest BCUT2D eigenvalue weighted by Crippen LogP contribution is 2.38. The first-order chi connectivity index (χ1) is 8.13. The molecule has 0 aliphatic rings. The number of phenolic OH excluding ortho intramolecular Hbond substituents is 1. The summed E-state index contributed by atoms with van der Waals surface area (Å²) in [7, 11) is 1.52. The van der Waals surface area contributed by atoms with E-state index in [4.69, 9.17) is 10.5 Å². The number of phenols is 1. The minimum Gasteiger partial charge on any atom is -0.504 e. The molecule has 3 nitrogen and oxygen atoms in total. The minimum absolute atomic E-state index is 0.0920. The van der Waals surface area contributed by atoms with Crippen molar-refractivity contribution >= 4 is 27.3 Å². The van der Waals surface area contributed by atoms with Gasteiger partial charge in [-0.2, -0.15) is 11.3 Å². The van der Waals surface area contributed by atoms with Gasteiger partial charge in [-0.15, -0.1) is 0 Å². The molecule has 17 heavy (non-hydrogen) atoms. The van der Waals surface area contributed by atoms with Gasteiger partial charge in [0.05, 0.1) is 13.2 Å². The van der Waals surface area contributed by atoms with Gasteiger partial charge in [-0.3, -0.25) is 0 Å². The fourth-order valence-electron chi connectivity index (χ4n) is 1.62. The highest BCUT2D eigenvalue weighted by molar-refractivity contribution is 9.10. The molecule has 1 aromatic heterocycles. The number of aromatic hydroxyl groups is 1. The van der Waals surface area contributed by atoms with Crippen molar-refractivity contribution in [2.75, 3.05) is 7.11 Å². The molecule has 0 bridgehead atoms.